The van der Waals surface area contributed by atoms with Gasteiger partial charge in [-0.25, -0.2) is 0 Å². The van der Waals surface area contributed by atoms with Gasteiger partial charge >= 0.3 is 0 Å². The molecule has 0 radical (unpaired) electrons. The number of thiophene rings is 8. The van der Waals surface area contributed by atoms with Crippen molar-refractivity contribution in [3.05, 3.63) is 154 Å². The van der Waals surface area contributed by atoms with Crippen molar-refractivity contribution in [3.63, 3.8) is 0 Å². The Bertz CT molecular complexity index is 3230. The molecule has 0 fully saturated rings. The Labute approximate surface area is 478 Å². The van der Waals surface area contributed by atoms with Gasteiger partial charge in [-0.05, 0) is 180 Å². The third kappa shape index (κ3) is 11.1. The van der Waals surface area contributed by atoms with Crippen molar-refractivity contribution in [1.82, 2.24) is 0 Å². The van der Waals surface area contributed by atoms with E-state index in [2.05, 4.69) is 184 Å². The summed E-state index contributed by atoms with van der Waals surface area (Å²) in [5.41, 5.74) is 11.3. The lowest BCUT2D eigenvalue weighted by Gasteiger charge is -2.35. The minimum absolute atomic E-state index is 0.0506. The van der Waals surface area contributed by atoms with Gasteiger partial charge in [-0.1, -0.05) is 103 Å². The van der Waals surface area contributed by atoms with E-state index in [9.17, 15) is 0 Å². The Kier molecular flexibility index (Phi) is 16.7. The van der Waals surface area contributed by atoms with Crippen molar-refractivity contribution in [2.45, 2.75) is 123 Å². The standard InChI is InChI=1S/C65H68N2S8/c1-7-9-11-13-15-17-35-65(36-18-16-14-12-10-8-2)47-41-49(66(5)63-33-31-61(74-63)59-29-27-57(72-59)55-25-23-53(70-55)51-21-19-37-68-51)43(3)39-45(47)46-40-44(4)50(42-48(46)65)67(6)64-34-32-62(75-64)60-30-28-58(73-60)56-26-24-54(71-56)52-22-20-38-69-52/h19-34,37-42H,7-18,35-36H2,1-6H3. The van der Waals surface area contributed by atoms with Crippen molar-refractivity contribution in [2.24, 2.45) is 0 Å². The summed E-state index contributed by atoms with van der Waals surface area (Å²) < 4.78 is 0. The predicted octanol–water partition coefficient (Wildman–Crippen LogP) is 24.1. The van der Waals surface area contributed by atoms with E-state index in [1.54, 1.807) is 11.1 Å². The average molecular weight is 1130 g/mol. The molecule has 11 rings (SSSR count). The smallest absolute Gasteiger partial charge is 0.0957 e. The van der Waals surface area contributed by atoms with E-state index < -0.39 is 0 Å². The number of unbranched alkanes of at least 4 members (excludes halogenated alkanes) is 10. The zero-order chi connectivity index (χ0) is 51.5. The number of hydrogen-bond donors (Lipinski definition) is 0. The predicted molar refractivity (Wildman–Crippen MR) is 343 cm³/mol. The number of anilines is 4. The Morgan fingerprint density at radius 3 is 1.03 bits per heavy atom. The van der Waals surface area contributed by atoms with Gasteiger partial charge in [0.25, 0.3) is 0 Å². The first-order chi connectivity index (χ1) is 36.7. The van der Waals surface area contributed by atoms with Crippen LogP contribution < -0.4 is 9.80 Å². The van der Waals surface area contributed by atoms with Crippen LogP contribution in [0.25, 0.3) is 69.7 Å². The van der Waals surface area contributed by atoms with Gasteiger partial charge in [0.2, 0.25) is 0 Å². The fourth-order valence-electron chi connectivity index (χ4n) is 11.3. The van der Waals surface area contributed by atoms with Gasteiger partial charge in [0.1, 0.15) is 0 Å². The van der Waals surface area contributed by atoms with Crippen LogP contribution in [0.15, 0.2) is 132 Å². The number of fused-ring (bicyclic) bond motifs is 3. The first kappa shape index (κ1) is 52.7. The lowest BCUT2D eigenvalue weighted by atomic mass is 9.70. The number of aryl methyl sites for hydroxylation is 2. The normalized spacial score (nSPS) is 12.7. The van der Waals surface area contributed by atoms with Crippen LogP contribution in [-0.2, 0) is 5.41 Å². The van der Waals surface area contributed by atoms with Gasteiger partial charge in [0.15, 0.2) is 0 Å². The van der Waals surface area contributed by atoms with E-state index in [-0.39, 0.29) is 5.41 Å². The van der Waals surface area contributed by atoms with E-state index in [1.165, 1.54) is 192 Å². The minimum Gasteiger partial charge on any atom is -0.336 e. The molecule has 10 aromatic rings. The third-order valence-corrected chi connectivity index (χ3v) is 25.0. The quantitative estimate of drug-likeness (QED) is 0.0557. The largest absolute Gasteiger partial charge is 0.336 e. The van der Waals surface area contributed by atoms with Crippen molar-refractivity contribution in [2.75, 3.05) is 23.9 Å². The van der Waals surface area contributed by atoms with E-state index >= 15 is 0 Å². The van der Waals surface area contributed by atoms with Crippen LogP contribution in [0.3, 0.4) is 0 Å². The van der Waals surface area contributed by atoms with Gasteiger partial charge in [0, 0.05) is 89.4 Å². The van der Waals surface area contributed by atoms with Crippen LogP contribution >= 0.6 is 90.7 Å². The first-order valence-corrected chi connectivity index (χ1v) is 33.8. The average Bonchev–Trinajstić information content (AvgIpc) is 4.27. The van der Waals surface area contributed by atoms with Gasteiger partial charge < -0.3 is 9.80 Å². The van der Waals surface area contributed by atoms with Crippen molar-refractivity contribution in [1.29, 1.82) is 0 Å². The highest BCUT2D eigenvalue weighted by Crippen LogP contribution is 2.58. The Morgan fingerprint density at radius 2 is 0.680 bits per heavy atom. The number of hydrogen-bond acceptors (Lipinski definition) is 10. The molecular formula is C65H68N2S8. The van der Waals surface area contributed by atoms with Gasteiger partial charge in [-0.3, -0.25) is 0 Å². The van der Waals surface area contributed by atoms with E-state index in [0.717, 1.165) is 0 Å². The SMILES string of the molecule is CCCCCCCCC1(CCCCCCCC)c2cc(N(C)c3ccc(-c4ccc(-c5ccc(-c6cccs6)s5)s4)s3)c(C)cc2-c2cc(C)c(N(C)c3ccc(-c4ccc(-c5ccc(-c6cccs6)s5)s4)s3)cc21. The van der Waals surface area contributed by atoms with E-state index in [0.29, 0.717) is 0 Å². The second-order valence-electron chi connectivity index (χ2n) is 20.5. The molecule has 10 heteroatoms. The molecule has 386 valence electrons. The molecule has 0 unspecified atom stereocenters. The first-order valence-electron chi connectivity index (χ1n) is 27.2. The van der Waals surface area contributed by atoms with E-state index in [4.69, 9.17) is 0 Å². The van der Waals surface area contributed by atoms with Gasteiger partial charge in [-0.2, -0.15) is 0 Å². The molecule has 8 heterocycles. The minimum atomic E-state index is -0.0506. The zero-order valence-electron chi connectivity index (χ0n) is 44.3. The summed E-state index contributed by atoms with van der Waals surface area (Å²) in [6.45, 7) is 9.37. The van der Waals surface area contributed by atoms with E-state index in [1.807, 2.05) is 90.7 Å². The van der Waals surface area contributed by atoms with Crippen LogP contribution in [0.2, 0.25) is 0 Å². The summed E-state index contributed by atoms with van der Waals surface area (Å²) in [6, 6.07) is 47.0. The maximum Gasteiger partial charge on any atom is 0.0957 e. The molecule has 2 nitrogen and oxygen atoms in total. The molecule has 1 aliphatic rings. The molecule has 0 N–H and O–H groups in total. The summed E-state index contributed by atoms with van der Waals surface area (Å²) in [5.74, 6) is 0. The van der Waals surface area contributed by atoms with Crippen LogP contribution in [0, 0.1) is 13.8 Å². The van der Waals surface area contributed by atoms with Crippen molar-refractivity contribution >= 4 is 112 Å². The Morgan fingerprint density at radius 1 is 0.360 bits per heavy atom. The van der Waals surface area contributed by atoms with Gasteiger partial charge in [0.05, 0.1) is 10.0 Å². The van der Waals surface area contributed by atoms with Crippen LogP contribution in [-0.4, -0.2) is 14.1 Å². The highest BCUT2D eigenvalue weighted by molar-refractivity contribution is 7.30. The molecule has 8 aromatic heterocycles. The molecule has 1 aliphatic carbocycles. The van der Waals surface area contributed by atoms with Gasteiger partial charge in [-0.15, -0.1) is 90.7 Å². The summed E-state index contributed by atoms with van der Waals surface area (Å²) in [5, 5.41) is 6.91. The molecule has 0 saturated heterocycles. The van der Waals surface area contributed by atoms with Crippen LogP contribution in [0.5, 0.6) is 0 Å². The summed E-state index contributed by atoms with van der Waals surface area (Å²) in [7, 11) is 4.61. The molecule has 0 atom stereocenters. The maximum atomic E-state index is 2.65. The Hall–Kier alpha value is -4.36. The zero-order valence-corrected chi connectivity index (χ0v) is 50.8. The fraction of sp³-hybridized carbons (Fsp3) is 0.323. The maximum absolute atomic E-state index is 2.65. The third-order valence-electron chi connectivity index (χ3n) is 15.4. The molecule has 0 spiro atoms. The molecule has 2 aromatic carbocycles. The molecule has 0 amide bonds. The molecule has 75 heavy (non-hydrogen) atoms. The lowest BCUT2D eigenvalue weighted by Crippen LogP contribution is -2.26. The highest BCUT2D eigenvalue weighted by atomic mass is 32.1. The van der Waals surface area contributed by atoms with Crippen LogP contribution in [0.1, 0.15) is 126 Å². The second-order valence-corrected chi connectivity index (χ2v) is 28.8. The number of benzene rings is 2. The monoisotopic (exact) mass is 1130 g/mol. The fourth-order valence-corrected chi connectivity index (χ4v) is 19.4. The molecule has 0 bridgehead atoms. The molecule has 0 aliphatic heterocycles. The second kappa shape index (κ2) is 23.7. The number of rotatable bonds is 24. The summed E-state index contributed by atoms with van der Waals surface area (Å²) in [4.78, 5) is 21.1. The molecular weight excluding hydrogens is 1070 g/mol. The summed E-state index contributed by atoms with van der Waals surface area (Å²) >= 11 is 15.1. The summed E-state index contributed by atoms with van der Waals surface area (Å²) in [6.07, 6.45) is 18.1. The lowest BCUT2D eigenvalue weighted by molar-refractivity contribution is 0.398. The highest BCUT2D eigenvalue weighted by Gasteiger charge is 2.44. The molecule has 0 saturated carbocycles. The topological polar surface area (TPSA) is 6.48 Å². The Balaban J connectivity index is 0.909. The van der Waals surface area contributed by atoms with Crippen LogP contribution in [0.4, 0.5) is 21.4 Å². The number of nitrogens with zero attached hydrogens (tertiary/aromatic N) is 2. The van der Waals surface area contributed by atoms with Crippen molar-refractivity contribution in [3.8, 4) is 69.7 Å². The van der Waals surface area contributed by atoms with Crippen molar-refractivity contribution < 1.29 is 0 Å².